The van der Waals surface area contributed by atoms with E-state index in [9.17, 15) is 4.79 Å². The second-order valence-electron chi connectivity index (χ2n) is 0.998. The molecule has 0 rings (SSSR count). The summed E-state index contributed by atoms with van der Waals surface area (Å²) in [5.41, 5.74) is 0. The summed E-state index contributed by atoms with van der Waals surface area (Å²) < 4.78 is 4.14. The number of esters is 1. The number of rotatable bonds is 2. The molecule has 0 amide bonds. The summed E-state index contributed by atoms with van der Waals surface area (Å²) in [6, 6.07) is 0. The highest BCUT2D eigenvalue weighted by Crippen LogP contribution is 2.10. The summed E-state index contributed by atoms with van der Waals surface area (Å²) in [5, 5.41) is -1.21. The molecule has 0 aliphatic rings. The Balaban J connectivity index is 3.51. The first-order chi connectivity index (χ1) is 4.04. The van der Waals surface area contributed by atoms with Crippen molar-refractivity contribution in [2.75, 3.05) is 0 Å². The van der Waals surface area contributed by atoms with Crippen LogP contribution in [0.2, 0.25) is 0 Å². The number of carbonyl (C=O) groups excluding carboxylic acids is 1. The fraction of sp³-hybridized carbons (Fsp3) is 0.667. The SMILES string of the molecule is O=C(OC(Cl)Cl)C(Cl)Cl. The fourth-order valence-electron chi connectivity index (χ4n) is 0.139. The highest BCUT2D eigenvalue weighted by molar-refractivity contribution is 6.53. The van der Waals surface area contributed by atoms with Crippen LogP contribution in [0.25, 0.3) is 0 Å². The highest BCUT2D eigenvalue weighted by atomic mass is 35.5. The van der Waals surface area contributed by atoms with Crippen LogP contribution in [0.4, 0.5) is 0 Å². The van der Waals surface area contributed by atoms with Crippen LogP contribution in [0.3, 0.4) is 0 Å². The van der Waals surface area contributed by atoms with Crippen LogP contribution in [0.1, 0.15) is 0 Å². The summed E-state index contributed by atoms with van der Waals surface area (Å²) in [6.45, 7) is 0. The van der Waals surface area contributed by atoms with E-state index >= 15 is 0 Å². The second-order valence-corrected chi connectivity index (χ2v) is 3.11. The Morgan fingerprint density at radius 3 is 1.78 bits per heavy atom. The fourth-order valence-corrected chi connectivity index (χ4v) is 0.418. The van der Waals surface area contributed by atoms with Gasteiger partial charge in [-0.2, -0.15) is 0 Å². The van der Waals surface area contributed by atoms with E-state index < -0.39 is 15.8 Å². The van der Waals surface area contributed by atoms with Crippen LogP contribution >= 0.6 is 46.4 Å². The molecule has 0 saturated carbocycles. The first kappa shape index (κ1) is 9.63. The molecule has 0 bridgehead atoms. The quantitative estimate of drug-likeness (QED) is 0.517. The number of halogens is 4. The van der Waals surface area contributed by atoms with E-state index in [1.165, 1.54) is 0 Å². The molecule has 0 heterocycles. The zero-order valence-corrected chi connectivity index (χ0v) is 7.01. The van der Waals surface area contributed by atoms with Crippen molar-refractivity contribution in [2.24, 2.45) is 0 Å². The molecule has 54 valence electrons. The molecule has 0 aliphatic heterocycles. The lowest BCUT2D eigenvalue weighted by atomic mass is 10.8. The number of hydrogen-bond acceptors (Lipinski definition) is 2. The third kappa shape index (κ3) is 5.09. The second kappa shape index (κ2) is 4.45. The monoisotopic (exact) mass is 210 g/mol. The van der Waals surface area contributed by atoms with Crippen LogP contribution in [0, 0.1) is 0 Å². The Bertz CT molecular complexity index is 102. The number of carbonyl (C=O) groups is 1. The smallest absolute Gasteiger partial charge is 0.341 e. The Hall–Kier alpha value is 0.630. The van der Waals surface area contributed by atoms with E-state index in [1.54, 1.807) is 0 Å². The third-order valence-electron chi connectivity index (χ3n) is 0.383. The van der Waals surface area contributed by atoms with E-state index in [2.05, 4.69) is 4.74 Å². The van der Waals surface area contributed by atoms with Crippen molar-refractivity contribution in [1.82, 2.24) is 0 Å². The molecule has 9 heavy (non-hydrogen) atoms. The lowest BCUT2D eigenvalue weighted by Gasteiger charge is -2.02. The minimum absolute atomic E-state index is 0.853. The van der Waals surface area contributed by atoms with Gasteiger partial charge in [-0.25, -0.2) is 4.79 Å². The van der Waals surface area contributed by atoms with Crippen molar-refractivity contribution in [3.05, 3.63) is 0 Å². The van der Waals surface area contributed by atoms with Gasteiger partial charge in [-0.3, -0.25) is 0 Å². The molecule has 0 atom stereocenters. The minimum atomic E-state index is -1.23. The van der Waals surface area contributed by atoms with Crippen LogP contribution in [0.5, 0.6) is 0 Å². The Labute approximate surface area is 72.0 Å². The van der Waals surface area contributed by atoms with Gasteiger partial charge < -0.3 is 4.74 Å². The summed E-state index contributed by atoms with van der Waals surface area (Å²) in [6.07, 6.45) is 0. The summed E-state index contributed by atoms with van der Waals surface area (Å²) >= 11 is 20.1. The maximum absolute atomic E-state index is 10.3. The predicted octanol–water partition coefficient (Wildman–Crippen LogP) is 2.09. The van der Waals surface area contributed by atoms with Gasteiger partial charge in [-0.15, -0.1) is 0 Å². The van der Waals surface area contributed by atoms with E-state index in [0.717, 1.165) is 0 Å². The predicted molar refractivity (Wildman–Crippen MR) is 37.1 cm³/mol. The highest BCUT2D eigenvalue weighted by Gasteiger charge is 2.15. The maximum Gasteiger partial charge on any atom is 0.341 e. The van der Waals surface area contributed by atoms with Crippen molar-refractivity contribution < 1.29 is 9.53 Å². The van der Waals surface area contributed by atoms with Crippen LogP contribution < -0.4 is 0 Å². The Kier molecular flexibility index (Phi) is 4.76. The number of alkyl halides is 4. The molecule has 6 heteroatoms. The van der Waals surface area contributed by atoms with Crippen molar-refractivity contribution in [3.8, 4) is 0 Å². The standard InChI is InChI=1S/C3H2Cl4O2/c4-1(5)2(8)9-3(6)7/h1,3H. The van der Waals surface area contributed by atoms with Gasteiger partial charge in [0.25, 0.3) is 5.02 Å². The normalized spacial score (nSPS) is 10.4. The van der Waals surface area contributed by atoms with E-state index in [0.29, 0.717) is 0 Å². The van der Waals surface area contributed by atoms with Gasteiger partial charge in [-0.05, 0) is 0 Å². The molecule has 0 saturated heterocycles. The van der Waals surface area contributed by atoms with Crippen LogP contribution in [0.15, 0.2) is 0 Å². The third-order valence-corrected chi connectivity index (χ3v) is 0.918. The van der Waals surface area contributed by atoms with E-state index in [4.69, 9.17) is 46.4 Å². The van der Waals surface area contributed by atoms with Gasteiger partial charge >= 0.3 is 5.97 Å². The minimum Gasteiger partial charge on any atom is -0.429 e. The summed E-state index contributed by atoms with van der Waals surface area (Å²) in [5.74, 6) is -0.853. The molecule has 0 aromatic rings. The van der Waals surface area contributed by atoms with Crippen LogP contribution in [-0.2, 0) is 9.53 Å². The van der Waals surface area contributed by atoms with Crippen molar-refractivity contribution >= 4 is 52.4 Å². The molecule has 0 aromatic carbocycles. The number of hydrogen-bond donors (Lipinski definition) is 0. The van der Waals surface area contributed by atoms with Gasteiger partial charge in [0.1, 0.15) is 0 Å². The summed E-state index contributed by atoms with van der Waals surface area (Å²) in [7, 11) is 0. The molecule has 0 N–H and O–H groups in total. The zero-order valence-electron chi connectivity index (χ0n) is 3.98. The average Bonchev–Trinajstić information content (AvgIpc) is 1.63. The Morgan fingerprint density at radius 2 is 1.67 bits per heavy atom. The van der Waals surface area contributed by atoms with Gasteiger partial charge in [0.05, 0.1) is 0 Å². The number of ether oxygens (including phenoxy) is 1. The average molecular weight is 212 g/mol. The van der Waals surface area contributed by atoms with Crippen molar-refractivity contribution in [2.45, 2.75) is 9.86 Å². The van der Waals surface area contributed by atoms with Gasteiger partial charge in [0, 0.05) is 0 Å². The van der Waals surface area contributed by atoms with Crippen LogP contribution in [-0.4, -0.2) is 15.8 Å². The molecule has 0 radical (unpaired) electrons. The Morgan fingerprint density at radius 1 is 1.22 bits per heavy atom. The topological polar surface area (TPSA) is 26.3 Å². The van der Waals surface area contributed by atoms with Crippen molar-refractivity contribution in [1.29, 1.82) is 0 Å². The van der Waals surface area contributed by atoms with E-state index in [-0.39, 0.29) is 0 Å². The molecule has 0 aromatic heterocycles. The molecular formula is C3H2Cl4O2. The van der Waals surface area contributed by atoms with Gasteiger partial charge in [-0.1, -0.05) is 46.4 Å². The molecule has 0 fully saturated rings. The maximum atomic E-state index is 10.3. The molecule has 0 unspecified atom stereocenters. The molecule has 0 aliphatic carbocycles. The van der Waals surface area contributed by atoms with E-state index in [1.807, 2.05) is 0 Å². The lowest BCUT2D eigenvalue weighted by Crippen LogP contribution is -2.14. The largest absolute Gasteiger partial charge is 0.429 e. The molecular weight excluding hydrogens is 210 g/mol. The van der Waals surface area contributed by atoms with Gasteiger partial charge in [0.15, 0.2) is 0 Å². The van der Waals surface area contributed by atoms with Gasteiger partial charge in [0.2, 0.25) is 4.84 Å². The lowest BCUT2D eigenvalue weighted by molar-refractivity contribution is -0.140. The zero-order chi connectivity index (χ0) is 7.44. The molecule has 0 spiro atoms. The first-order valence-electron chi connectivity index (χ1n) is 1.81. The molecule has 2 nitrogen and oxygen atoms in total. The first-order valence-corrected chi connectivity index (χ1v) is 3.55. The summed E-state index contributed by atoms with van der Waals surface area (Å²) in [4.78, 5) is 9.07. The van der Waals surface area contributed by atoms with Crippen molar-refractivity contribution in [3.63, 3.8) is 0 Å².